The van der Waals surface area contributed by atoms with Gasteiger partial charge in [-0.1, -0.05) is 6.07 Å². The molecule has 1 aromatic carbocycles. The van der Waals surface area contributed by atoms with Crippen molar-refractivity contribution in [1.29, 1.82) is 0 Å². The highest BCUT2D eigenvalue weighted by Gasteiger charge is 2.32. The van der Waals surface area contributed by atoms with Crippen LogP contribution in [0.4, 0.5) is 5.69 Å². The molecule has 82 valence electrons. The van der Waals surface area contributed by atoms with Gasteiger partial charge in [0.15, 0.2) is 0 Å². The predicted molar refractivity (Wildman–Crippen MR) is 62.4 cm³/mol. The summed E-state index contributed by atoms with van der Waals surface area (Å²) in [4.78, 5) is 2.27. The number of nitrogens with two attached hydrogens (primary N) is 1. The summed E-state index contributed by atoms with van der Waals surface area (Å²) in [5.74, 6) is 0.631. The molecule has 0 bridgehead atoms. The van der Waals surface area contributed by atoms with E-state index in [-0.39, 0.29) is 12.0 Å². The lowest BCUT2D eigenvalue weighted by Gasteiger charge is -2.18. The molecule has 0 fully saturated rings. The number of phenolic OH excluding ortho intramolecular Hbond substituents is 1. The number of rotatable bonds is 2. The molecule has 1 aromatic rings. The summed E-state index contributed by atoms with van der Waals surface area (Å²) in [6.07, 6.45) is 0. The van der Waals surface area contributed by atoms with Gasteiger partial charge in [0.25, 0.3) is 0 Å². The average Bonchev–Trinajstić information content (AvgIpc) is 2.58. The molecule has 1 aliphatic rings. The van der Waals surface area contributed by atoms with E-state index < -0.39 is 0 Å². The van der Waals surface area contributed by atoms with Crippen LogP contribution in [0.3, 0.4) is 0 Å². The largest absolute Gasteiger partial charge is 0.508 e. The van der Waals surface area contributed by atoms with Gasteiger partial charge in [-0.05, 0) is 26.0 Å². The van der Waals surface area contributed by atoms with Crippen LogP contribution in [-0.2, 0) is 0 Å². The number of anilines is 1. The topological polar surface area (TPSA) is 49.5 Å². The van der Waals surface area contributed by atoms with Gasteiger partial charge in [0, 0.05) is 36.3 Å². The molecule has 15 heavy (non-hydrogen) atoms. The van der Waals surface area contributed by atoms with Crippen LogP contribution >= 0.6 is 0 Å². The van der Waals surface area contributed by atoms with E-state index in [4.69, 9.17) is 5.73 Å². The summed E-state index contributed by atoms with van der Waals surface area (Å²) < 4.78 is 0. The summed E-state index contributed by atoms with van der Waals surface area (Å²) >= 11 is 0. The van der Waals surface area contributed by atoms with E-state index in [9.17, 15) is 5.11 Å². The maximum Gasteiger partial charge on any atom is 0.121 e. The van der Waals surface area contributed by atoms with Crippen LogP contribution < -0.4 is 10.6 Å². The summed E-state index contributed by atoms with van der Waals surface area (Å²) in [7, 11) is 0. The number of hydrogen-bond acceptors (Lipinski definition) is 3. The first kappa shape index (κ1) is 10.3. The van der Waals surface area contributed by atoms with Crippen LogP contribution in [0.2, 0.25) is 0 Å². The molecular weight excluding hydrogens is 188 g/mol. The molecule has 3 heteroatoms. The predicted octanol–water partition coefficient (Wildman–Crippen LogP) is 1.66. The highest BCUT2D eigenvalue weighted by molar-refractivity contribution is 5.65. The van der Waals surface area contributed by atoms with E-state index in [0.29, 0.717) is 5.75 Å². The van der Waals surface area contributed by atoms with Crippen LogP contribution in [-0.4, -0.2) is 24.2 Å². The molecule has 0 saturated heterocycles. The molecule has 0 spiro atoms. The van der Waals surface area contributed by atoms with Crippen molar-refractivity contribution in [2.75, 3.05) is 18.0 Å². The minimum atomic E-state index is 0.0774. The van der Waals surface area contributed by atoms with Gasteiger partial charge in [0.2, 0.25) is 0 Å². The second-order valence-electron chi connectivity index (χ2n) is 4.21. The Labute approximate surface area is 90.5 Å². The van der Waals surface area contributed by atoms with Gasteiger partial charge >= 0.3 is 0 Å². The Morgan fingerprint density at radius 3 is 2.93 bits per heavy atom. The number of likely N-dealkylation sites (N-methyl/N-ethyl adjacent to an activating group) is 1. The highest BCUT2D eigenvalue weighted by atomic mass is 16.3. The van der Waals surface area contributed by atoms with E-state index in [1.54, 1.807) is 6.07 Å². The first-order valence-corrected chi connectivity index (χ1v) is 5.47. The highest BCUT2D eigenvalue weighted by Crippen LogP contribution is 2.42. The maximum absolute atomic E-state index is 9.88. The Morgan fingerprint density at radius 2 is 2.33 bits per heavy atom. The van der Waals surface area contributed by atoms with E-state index >= 15 is 0 Å². The SMILES string of the molecule is CCN1CC(C(C)N)c2c(O)cccc21. The molecule has 2 rings (SSSR count). The molecule has 0 aromatic heterocycles. The second-order valence-corrected chi connectivity index (χ2v) is 4.21. The van der Waals surface area contributed by atoms with Gasteiger partial charge < -0.3 is 15.7 Å². The minimum Gasteiger partial charge on any atom is -0.508 e. The Hall–Kier alpha value is -1.22. The molecule has 1 heterocycles. The number of hydrogen-bond donors (Lipinski definition) is 2. The van der Waals surface area contributed by atoms with Crippen molar-refractivity contribution in [1.82, 2.24) is 0 Å². The summed E-state index contributed by atoms with van der Waals surface area (Å²) in [5, 5.41) is 9.88. The van der Waals surface area contributed by atoms with Crippen LogP contribution in [0, 0.1) is 0 Å². The summed E-state index contributed by atoms with van der Waals surface area (Å²) in [5.41, 5.74) is 8.12. The van der Waals surface area contributed by atoms with Crippen molar-refractivity contribution in [2.45, 2.75) is 25.8 Å². The third kappa shape index (κ3) is 1.57. The Balaban J connectivity index is 2.48. The fraction of sp³-hybridized carbons (Fsp3) is 0.500. The zero-order valence-electron chi connectivity index (χ0n) is 9.27. The van der Waals surface area contributed by atoms with Gasteiger partial charge in [-0.25, -0.2) is 0 Å². The standard InChI is InChI=1S/C12H18N2O/c1-3-14-7-9(8(2)13)12-10(14)5-4-6-11(12)15/h4-6,8-9,15H,3,7,13H2,1-2H3. The van der Waals surface area contributed by atoms with Crippen molar-refractivity contribution in [3.05, 3.63) is 23.8 Å². The van der Waals surface area contributed by atoms with E-state index in [2.05, 4.69) is 17.9 Å². The lowest BCUT2D eigenvalue weighted by Crippen LogP contribution is -2.30. The van der Waals surface area contributed by atoms with Crippen LogP contribution in [0.1, 0.15) is 25.3 Å². The second kappa shape index (κ2) is 3.74. The number of benzene rings is 1. The summed E-state index contributed by atoms with van der Waals surface area (Å²) in [6.45, 7) is 6.00. The fourth-order valence-corrected chi connectivity index (χ4v) is 2.35. The Morgan fingerprint density at radius 1 is 1.60 bits per heavy atom. The lowest BCUT2D eigenvalue weighted by molar-refractivity contribution is 0.458. The molecule has 2 unspecified atom stereocenters. The quantitative estimate of drug-likeness (QED) is 0.773. The smallest absolute Gasteiger partial charge is 0.121 e. The first-order valence-electron chi connectivity index (χ1n) is 5.47. The average molecular weight is 206 g/mol. The fourth-order valence-electron chi connectivity index (χ4n) is 2.35. The Kier molecular flexibility index (Phi) is 2.57. The Bertz CT molecular complexity index is 363. The van der Waals surface area contributed by atoms with Gasteiger partial charge in [-0.15, -0.1) is 0 Å². The van der Waals surface area contributed by atoms with Gasteiger partial charge in [0.05, 0.1) is 0 Å². The van der Waals surface area contributed by atoms with Crippen LogP contribution in [0.5, 0.6) is 5.75 Å². The number of aromatic hydroxyl groups is 1. The first-order chi connectivity index (χ1) is 7.15. The molecule has 0 aliphatic carbocycles. The van der Waals surface area contributed by atoms with E-state index in [0.717, 1.165) is 24.3 Å². The lowest BCUT2D eigenvalue weighted by atomic mass is 9.94. The van der Waals surface area contributed by atoms with E-state index in [1.807, 2.05) is 13.0 Å². The molecule has 1 aliphatic heterocycles. The van der Waals surface area contributed by atoms with Gasteiger partial charge in [-0.3, -0.25) is 0 Å². The summed E-state index contributed by atoms with van der Waals surface area (Å²) in [6, 6.07) is 5.77. The number of nitrogens with zero attached hydrogens (tertiary/aromatic N) is 1. The van der Waals surface area contributed by atoms with Crippen molar-refractivity contribution < 1.29 is 5.11 Å². The molecular formula is C12H18N2O. The van der Waals surface area contributed by atoms with Crippen molar-refractivity contribution in [2.24, 2.45) is 5.73 Å². The molecule has 2 atom stereocenters. The molecule has 3 nitrogen and oxygen atoms in total. The van der Waals surface area contributed by atoms with Crippen molar-refractivity contribution in [3.8, 4) is 5.75 Å². The van der Waals surface area contributed by atoms with Crippen molar-refractivity contribution >= 4 is 5.69 Å². The minimum absolute atomic E-state index is 0.0774. The number of fused-ring (bicyclic) bond motifs is 1. The molecule has 0 amide bonds. The molecule has 0 radical (unpaired) electrons. The van der Waals surface area contributed by atoms with Crippen LogP contribution in [0.15, 0.2) is 18.2 Å². The normalized spacial score (nSPS) is 21.5. The third-order valence-electron chi connectivity index (χ3n) is 3.21. The van der Waals surface area contributed by atoms with Crippen molar-refractivity contribution in [3.63, 3.8) is 0 Å². The zero-order valence-corrected chi connectivity index (χ0v) is 9.27. The van der Waals surface area contributed by atoms with Gasteiger partial charge in [-0.2, -0.15) is 0 Å². The third-order valence-corrected chi connectivity index (χ3v) is 3.21. The van der Waals surface area contributed by atoms with Crippen LogP contribution in [0.25, 0.3) is 0 Å². The molecule has 0 saturated carbocycles. The number of phenols is 1. The van der Waals surface area contributed by atoms with Gasteiger partial charge in [0.1, 0.15) is 5.75 Å². The zero-order chi connectivity index (χ0) is 11.0. The van der Waals surface area contributed by atoms with E-state index in [1.165, 1.54) is 0 Å². The molecule has 3 N–H and O–H groups in total. The maximum atomic E-state index is 9.88. The monoisotopic (exact) mass is 206 g/mol.